The van der Waals surface area contributed by atoms with Crippen LogP contribution in [0.2, 0.25) is 0 Å². The Kier molecular flexibility index (Phi) is 6.86. The zero-order valence-corrected chi connectivity index (χ0v) is 19.3. The van der Waals surface area contributed by atoms with E-state index in [1.807, 2.05) is 0 Å². The monoisotopic (exact) mass is 456 g/mol. The molecule has 0 unspecified atom stereocenters. The number of hydrogen-bond donors (Lipinski definition) is 0. The third-order valence-electron chi connectivity index (χ3n) is 5.38. The van der Waals surface area contributed by atoms with Gasteiger partial charge in [0.05, 0.1) is 0 Å². The molecule has 0 aromatic heterocycles. The van der Waals surface area contributed by atoms with Gasteiger partial charge in [-0.15, -0.1) is 0 Å². The average Bonchev–Trinajstić information content (AvgIpc) is 2.89. The second kappa shape index (κ2) is 7.43. The molecule has 0 bridgehead atoms. The van der Waals surface area contributed by atoms with Gasteiger partial charge in [0, 0.05) is 0 Å². The summed E-state index contributed by atoms with van der Waals surface area (Å²) in [4.78, 5) is 9.26. The van der Waals surface area contributed by atoms with E-state index in [-0.39, 0.29) is 56.3 Å². The number of amidine groups is 2. The Morgan fingerprint density at radius 3 is 1.19 bits per heavy atom. The van der Waals surface area contributed by atoms with Crippen molar-refractivity contribution < 1.29 is 34.1 Å². The Labute approximate surface area is 181 Å². The summed E-state index contributed by atoms with van der Waals surface area (Å²) in [7, 11) is 0. The topological polar surface area (TPSA) is 52.9 Å². The Morgan fingerprint density at radius 2 is 0.923 bits per heavy atom. The first-order valence-corrected chi connectivity index (χ1v) is 9.41. The van der Waals surface area contributed by atoms with E-state index in [0.717, 1.165) is 11.7 Å². The van der Waals surface area contributed by atoms with Gasteiger partial charge in [-0.25, -0.2) is 0 Å². The molecule has 4 heterocycles. The van der Waals surface area contributed by atoms with Crippen molar-refractivity contribution in [2.24, 2.45) is 21.8 Å². The number of nitrogens with zero attached hydrogens (tertiary/aromatic N) is 4. The van der Waals surface area contributed by atoms with Crippen LogP contribution in [0.5, 0.6) is 0 Å². The first kappa shape index (κ1) is 24.0. The second-order valence-corrected chi connectivity index (χ2v) is 10.6. The van der Waals surface area contributed by atoms with Crippen LogP contribution in [-0.2, 0) is 34.1 Å². The summed E-state index contributed by atoms with van der Waals surface area (Å²) in [5.41, 5.74) is 0.611. The fourth-order valence-electron chi connectivity index (χ4n) is 4.76. The molecular weight excluding hydrogens is 423 g/mol. The van der Waals surface area contributed by atoms with Crippen LogP contribution in [0.15, 0.2) is 9.98 Å². The van der Waals surface area contributed by atoms with Crippen molar-refractivity contribution in [2.75, 3.05) is 0 Å². The molecule has 156 valence electrons. The summed E-state index contributed by atoms with van der Waals surface area (Å²) < 4.78 is 0. The number of rotatable bonds is 0. The van der Waals surface area contributed by atoms with Gasteiger partial charge in [0.15, 0.2) is 0 Å². The molecule has 4 nitrogen and oxygen atoms in total. The Hall–Kier alpha value is -0.0210. The van der Waals surface area contributed by atoms with Crippen LogP contribution >= 0.6 is 0 Å². The minimum absolute atomic E-state index is 0. The first-order chi connectivity index (χ1) is 10.8. The van der Waals surface area contributed by atoms with Crippen molar-refractivity contribution in [1.29, 1.82) is 0 Å². The van der Waals surface area contributed by atoms with Gasteiger partial charge in [0.1, 0.15) is 0 Å². The molecule has 0 spiro atoms. The summed E-state index contributed by atoms with van der Waals surface area (Å²) in [6.07, 6.45) is 4.76. The van der Waals surface area contributed by atoms with Gasteiger partial charge < -0.3 is 20.6 Å². The fourth-order valence-corrected chi connectivity index (χ4v) is 4.76. The fraction of sp³-hybridized carbons (Fsp3) is 0.900. The van der Waals surface area contributed by atoms with E-state index >= 15 is 0 Å². The van der Waals surface area contributed by atoms with E-state index in [2.05, 4.69) is 76.0 Å². The first-order valence-electron chi connectivity index (χ1n) is 9.41. The second-order valence-electron chi connectivity index (χ2n) is 10.6. The minimum Gasteiger partial charge on any atom is -0.463 e. The maximum atomic E-state index is 4.63. The van der Waals surface area contributed by atoms with Crippen LogP contribution in [0.3, 0.4) is 0 Å². The number of fused-ring (bicyclic) bond motifs is 2. The molecule has 6 heteroatoms. The van der Waals surface area contributed by atoms with Crippen LogP contribution < -0.4 is 0 Å². The van der Waals surface area contributed by atoms with Crippen molar-refractivity contribution >= 4 is 11.7 Å². The predicted molar refractivity (Wildman–Crippen MR) is 103 cm³/mol. The molecule has 0 saturated carbocycles. The normalized spacial score (nSPS) is 32.9. The van der Waals surface area contributed by atoms with E-state index in [4.69, 9.17) is 0 Å². The summed E-state index contributed by atoms with van der Waals surface area (Å²) >= 11 is 0. The SMILES string of the molecule is CC1(C)C[C@@H]2CC(C)(C)[N-]C2=N1.CC1(C)C[C@H]2CC(C)(C)[N-]C2=N1.[Cu+].[Cu+]. The maximum absolute atomic E-state index is 4.63. The molecule has 0 radical (unpaired) electrons. The Balaban J connectivity index is 0.000000241. The van der Waals surface area contributed by atoms with E-state index in [1.165, 1.54) is 25.7 Å². The molecule has 2 fully saturated rings. The molecule has 0 amide bonds. The summed E-state index contributed by atoms with van der Waals surface area (Å²) in [5, 5.41) is 9.26. The molecule has 4 aliphatic rings. The quantitative estimate of drug-likeness (QED) is 0.433. The Morgan fingerprint density at radius 1 is 0.615 bits per heavy atom. The van der Waals surface area contributed by atoms with Crippen LogP contribution in [0.4, 0.5) is 0 Å². The molecule has 26 heavy (non-hydrogen) atoms. The summed E-state index contributed by atoms with van der Waals surface area (Å²) in [6.45, 7) is 17.6. The van der Waals surface area contributed by atoms with E-state index in [1.54, 1.807) is 0 Å². The summed E-state index contributed by atoms with van der Waals surface area (Å²) in [6, 6.07) is 0. The van der Waals surface area contributed by atoms with Gasteiger partial charge >= 0.3 is 34.1 Å². The van der Waals surface area contributed by atoms with E-state index in [9.17, 15) is 0 Å². The molecule has 0 aliphatic carbocycles. The zero-order valence-electron chi connectivity index (χ0n) is 17.4. The average molecular weight is 458 g/mol. The molecule has 0 N–H and O–H groups in total. The van der Waals surface area contributed by atoms with Gasteiger partial charge in [-0.05, 0) is 59.7 Å². The van der Waals surface area contributed by atoms with Crippen molar-refractivity contribution in [1.82, 2.24) is 0 Å². The zero-order chi connectivity index (χ0) is 18.0. The van der Waals surface area contributed by atoms with Gasteiger partial charge in [-0.2, -0.15) is 0 Å². The minimum atomic E-state index is 0. The molecule has 4 aliphatic heterocycles. The van der Waals surface area contributed by atoms with Crippen LogP contribution in [-0.4, -0.2) is 33.8 Å². The predicted octanol–water partition coefficient (Wildman–Crippen LogP) is 5.47. The van der Waals surface area contributed by atoms with Gasteiger partial charge in [0.2, 0.25) is 0 Å². The van der Waals surface area contributed by atoms with Crippen molar-refractivity contribution in [2.45, 2.75) is 103 Å². The number of aliphatic imine (C=N–C) groups is 2. The van der Waals surface area contributed by atoms with Gasteiger partial charge in [0.25, 0.3) is 0 Å². The molecule has 2 saturated heterocycles. The largest absolute Gasteiger partial charge is 1.00 e. The molecule has 0 aromatic rings. The van der Waals surface area contributed by atoms with E-state index in [0.29, 0.717) is 11.8 Å². The Bertz CT molecular complexity index is 539. The maximum Gasteiger partial charge on any atom is 1.00 e. The van der Waals surface area contributed by atoms with Crippen molar-refractivity contribution in [3.63, 3.8) is 0 Å². The van der Waals surface area contributed by atoms with Crippen LogP contribution in [0, 0.1) is 11.8 Å². The summed E-state index contributed by atoms with van der Waals surface area (Å²) in [5.74, 6) is 3.56. The molecule has 2 atom stereocenters. The van der Waals surface area contributed by atoms with Crippen molar-refractivity contribution in [3.8, 4) is 0 Å². The molecule has 4 rings (SSSR count). The van der Waals surface area contributed by atoms with Gasteiger partial charge in [-0.1, -0.05) is 67.1 Å². The molecular formula is C20H34Cu2N4. The van der Waals surface area contributed by atoms with Crippen LogP contribution in [0.25, 0.3) is 10.6 Å². The van der Waals surface area contributed by atoms with Gasteiger partial charge in [-0.3, -0.25) is 0 Å². The van der Waals surface area contributed by atoms with E-state index < -0.39 is 0 Å². The smallest absolute Gasteiger partial charge is 0.463 e. The number of hydrogen-bond acceptors (Lipinski definition) is 2. The van der Waals surface area contributed by atoms with Crippen LogP contribution in [0.1, 0.15) is 81.1 Å². The molecule has 0 aromatic carbocycles. The van der Waals surface area contributed by atoms with Crippen molar-refractivity contribution in [3.05, 3.63) is 10.6 Å². The third kappa shape index (κ3) is 5.50. The standard InChI is InChI=1S/2C10H17N2.2Cu/c2*1-9(2)5-7-6-10(3,4)12-8(7)11-9;;/h2*7H,5-6H2,1-4H3;;/q2*-1;2*+1. The third-order valence-corrected chi connectivity index (χ3v) is 5.38.